The molecule has 13 heteroatoms. The van der Waals surface area contributed by atoms with Gasteiger partial charge in [0.25, 0.3) is 5.78 Å². The number of hydrogen-bond donors (Lipinski definition) is 2. The number of thioether (sulfide) groups is 1. The zero-order valence-electron chi connectivity index (χ0n) is 21.2. The molecule has 0 radical (unpaired) electrons. The van der Waals surface area contributed by atoms with Gasteiger partial charge < -0.3 is 14.9 Å². The number of phenolic OH excluding ortho intramolecular Hbond substituents is 1. The normalized spacial score (nSPS) is 16.4. The van der Waals surface area contributed by atoms with Gasteiger partial charge >= 0.3 is 5.91 Å². The Bertz CT molecular complexity index is 1680. The van der Waals surface area contributed by atoms with Gasteiger partial charge in [-0.1, -0.05) is 86.5 Å². The highest BCUT2D eigenvalue weighted by atomic mass is 79.9. The fourth-order valence-electron chi connectivity index (χ4n) is 4.22. The van der Waals surface area contributed by atoms with Crippen LogP contribution in [0.4, 0.5) is 5.13 Å². The molecule has 0 saturated carbocycles. The zero-order valence-corrected chi connectivity index (χ0v) is 25.9. The van der Waals surface area contributed by atoms with Crippen LogP contribution in [-0.2, 0) is 15.3 Å². The summed E-state index contributed by atoms with van der Waals surface area (Å²) >= 11 is 18.1. The summed E-state index contributed by atoms with van der Waals surface area (Å²) < 4.78 is 6.87. The van der Waals surface area contributed by atoms with Crippen LogP contribution >= 0.6 is 62.2 Å². The van der Waals surface area contributed by atoms with Crippen molar-refractivity contribution in [2.24, 2.45) is 0 Å². The van der Waals surface area contributed by atoms with Crippen molar-refractivity contribution in [3.63, 3.8) is 0 Å². The molecule has 210 valence electrons. The van der Waals surface area contributed by atoms with Crippen molar-refractivity contribution in [3.8, 4) is 11.5 Å². The van der Waals surface area contributed by atoms with E-state index in [0.29, 0.717) is 31.3 Å². The lowest BCUT2D eigenvalue weighted by Gasteiger charge is -2.23. The molecule has 1 aliphatic rings. The van der Waals surface area contributed by atoms with E-state index in [0.717, 1.165) is 21.4 Å². The van der Waals surface area contributed by atoms with E-state index in [2.05, 4.69) is 26.1 Å². The van der Waals surface area contributed by atoms with E-state index in [1.807, 2.05) is 6.07 Å². The second kappa shape index (κ2) is 12.4. The van der Waals surface area contributed by atoms with Crippen LogP contribution in [0.25, 0.3) is 5.76 Å². The van der Waals surface area contributed by atoms with Gasteiger partial charge in [0.15, 0.2) is 15.8 Å². The molecule has 0 aliphatic carbocycles. The van der Waals surface area contributed by atoms with Crippen LogP contribution in [0, 0.1) is 0 Å². The molecule has 0 bridgehead atoms. The van der Waals surface area contributed by atoms with Crippen molar-refractivity contribution in [2.75, 3.05) is 11.5 Å². The maximum absolute atomic E-state index is 13.5. The summed E-state index contributed by atoms with van der Waals surface area (Å²) in [7, 11) is 0. The predicted molar refractivity (Wildman–Crippen MR) is 164 cm³/mol. The molecule has 1 amide bonds. The number of aliphatic hydroxyl groups is 1. The average Bonchev–Trinajstić information content (AvgIpc) is 3.51. The lowest BCUT2D eigenvalue weighted by atomic mass is 9.95. The summed E-state index contributed by atoms with van der Waals surface area (Å²) in [5, 5.41) is 31.3. The molecule has 1 unspecified atom stereocenters. The third kappa shape index (κ3) is 6.09. The zero-order chi connectivity index (χ0) is 29.3. The number of ketones is 1. The van der Waals surface area contributed by atoms with Crippen molar-refractivity contribution < 1.29 is 24.5 Å². The van der Waals surface area contributed by atoms with Crippen LogP contribution in [0.5, 0.6) is 11.5 Å². The van der Waals surface area contributed by atoms with Gasteiger partial charge in [-0.15, -0.1) is 10.2 Å². The summed E-state index contributed by atoms with van der Waals surface area (Å²) in [6.07, 6.45) is 0. The molecule has 1 fully saturated rings. The molecule has 4 aromatic rings. The number of Topliss-reactive ketones (excluding diaryl/α,β-unsaturated/α-hetero) is 1. The molecule has 0 spiro atoms. The fraction of sp³-hybridized carbons (Fsp3) is 0.143. The quantitative estimate of drug-likeness (QED) is 0.0637. The number of halogens is 3. The highest BCUT2D eigenvalue weighted by molar-refractivity contribution is 9.10. The van der Waals surface area contributed by atoms with Crippen LogP contribution in [0.3, 0.4) is 0 Å². The number of anilines is 1. The maximum Gasteiger partial charge on any atom is 0.301 e. The first-order valence-corrected chi connectivity index (χ1v) is 15.5. The molecule has 8 nitrogen and oxygen atoms in total. The molecule has 3 aromatic carbocycles. The number of aromatic nitrogens is 2. The second-order valence-electron chi connectivity index (χ2n) is 8.71. The number of aromatic hydroxyl groups is 1. The minimum Gasteiger partial charge on any atom is -0.507 e. The Morgan fingerprint density at radius 3 is 2.56 bits per heavy atom. The summed E-state index contributed by atoms with van der Waals surface area (Å²) in [6.45, 7) is 2.05. The number of carbonyl (C=O) groups excluding carboxylic acids is 2. The second-order valence-corrected chi connectivity index (χ2v) is 12.6. The van der Waals surface area contributed by atoms with Gasteiger partial charge in [-0.2, -0.15) is 0 Å². The first-order chi connectivity index (χ1) is 19.7. The number of aliphatic hydroxyl groups excluding tert-OH is 1. The largest absolute Gasteiger partial charge is 0.507 e. The Labute approximate surface area is 261 Å². The molecule has 1 aromatic heterocycles. The molecule has 41 heavy (non-hydrogen) atoms. The van der Waals surface area contributed by atoms with Gasteiger partial charge in [0.2, 0.25) is 5.13 Å². The minimum atomic E-state index is -1.06. The van der Waals surface area contributed by atoms with Crippen LogP contribution in [0.1, 0.15) is 29.7 Å². The number of hydrogen-bond acceptors (Lipinski definition) is 9. The van der Waals surface area contributed by atoms with Crippen molar-refractivity contribution in [3.05, 3.63) is 97.4 Å². The van der Waals surface area contributed by atoms with E-state index in [1.165, 1.54) is 28.8 Å². The van der Waals surface area contributed by atoms with E-state index in [1.54, 1.807) is 49.4 Å². The first-order valence-electron chi connectivity index (χ1n) is 12.1. The smallest absolute Gasteiger partial charge is 0.301 e. The highest BCUT2D eigenvalue weighted by Gasteiger charge is 2.48. The van der Waals surface area contributed by atoms with Crippen molar-refractivity contribution in [2.45, 2.75) is 23.1 Å². The third-order valence-electron chi connectivity index (χ3n) is 6.13. The van der Waals surface area contributed by atoms with E-state index in [4.69, 9.17) is 27.9 Å². The van der Waals surface area contributed by atoms with Crippen LogP contribution in [0.15, 0.2) is 75.0 Å². The lowest BCUT2D eigenvalue weighted by molar-refractivity contribution is -0.132. The molecule has 1 atom stereocenters. The monoisotopic (exact) mass is 691 g/mol. The Morgan fingerprint density at radius 2 is 1.85 bits per heavy atom. The van der Waals surface area contributed by atoms with E-state index < -0.39 is 17.7 Å². The highest BCUT2D eigenvalue weighted by Crippen LogP contribution is 2.45. The number of ether oxygens (including phenoxy) is 1. The fourth-order valence-corrected chi connectivity index (χ4v) is 6.91. The Kier molecular flexibility index (Phi) is 8.91. The van der Waals surface area contributed by atoms with Crippen LogP contribution < -0.4 is 9.64 Å². The van der Waals surface area contributed by atoms with Gasteiger partial charge in [-0.05, 0) is 54.4 Å². The molecule has 2 N–H and O–H groups in total. The predicted octanol–water partition coefficient (Wildman–Crippen LogP) is 7.63. The number of benzene rings is 3. The molecule has 1 aliphatic heterocycles. The maximum atomic E-state index is 13.5. The lowest BCUT2D eigenvalue weighted by Crippen LogP contribution is -2.29. The van der Waals surface area contributed by atoms with E-state index >= 15 is 0 Å². The topological polar surface area (TPSA) is 113 Å². The van der Waals surface area contributed by atoms with Gasteiger partial charge in [0, 0.05) is 25.8 Å². The molecular weight excluding hydrogens is 673 g/mol. The van der Waals surface area contributed by atoms with Crippen LogP contribution in [-0.4, -0.2) is 38.7 Å². The van der Waals surface area contributed by atoms with Gasteiger partial charge in [-0.25, -0.2) is 0 Å². The van der Waals surface area contributed by atoms with Gasteiger partial charge in [0.05, 0.1) is 18.2 Å². The Balaban J connectivity index is 1.56. The van der Waals surface area contributed by atoms with E-state index in [9.17, 15) is 19.8 Å². The number of carbonyl (C=O) groups is 2. The number of phenols is 1. The minimum absolute atomic E-state index is 0.101. The third-order valence-corrected chi connectivity index (χ3v) is 9.35. The molecule has 5 rings (SSSR count). The average molecular weight is 693 g/mol. The summed E-state index contributed by atoms with van der Waals surface area (Å²) in [5.74, 6) is -1.53. The van der Waals surface area contributed by atoms with Crippen molar-refractivity contribution >= 4 is 84.8 Å². The number of rotatable bonds is 8. The van der Waals surface area contributed by atoms with Gasteiger partial charge in [-0.3, -0.25) is 14.5 Å². The molecular formula is C28H20BrCl2N3O5S2. The van der Waals surface area contributed by atoms with Crippen molar-refractivity contribution in [1.82, 2.24) is 10.2 Å². The summed E-state index contributed by atoms with van der Waals surface area (Å²) in [4.78, 5) is 28.1. The molecule has 1 saturated heterocycles. The number of amides is 1. The van der Waals surface area contributed by atoms with Gasteiger partial charge in [0.1, 0.15) is 5.76 Å². The van der Waals surface area contributed by atoms with Crippen LogP contribution in [0.2, 0.25) is 10.0 Å². The Hall–Kier alpha value is -3.09. The molecule has 2 heterocycles. The van der Waals surface area contributed by atoms with E-state index in [-0.39, 0.29) is 34.6 Å². The standard InChI is InChI=1S/C28H20BrCl2N3O5S2/c1-2-39-21-11-15(6-10-20(21)35)23-22(24(36)14-3-7-17(29)8-4-14)25(37)26(38)34(23)27-32-33-28(41-27)40-13-16-5-9-18(30)12-19(16)31/h3-12,23,35-36H,2,13H2,1H3/b24-22-. The summed E-state index contributed by atoms with van der Waals surface area (Å²) in [6, 6.07) is 15.4. The SMILES string of the molecule is CCOc1cc(C2/C(=C(/O)c3ccc(Br)cc3)C(=O)C(=O)N2c2nnc(SCc3ccc(Cl)cc3Cl)s2)ccc1O. The Morgan fingerprint density at radius 1 is 1.10 bits per heavy atom. The first kappa shape index (κ1) is 29.4. The number of nitrogens with zero attached hydrogens (tertiary/aromatic N) is 3. The van der Waals surface area contributed by atoms with Crippen molar-refractivity contribution in [1.29, 1.82) is 0 Å². The summed E-state index contributed by atoms with van der Waals surface area (Å²) in [5.41, 5.74) is 1.51.